The van der Waals surface area contributed by atoms with Crippen LogP contribution in [-0.4, -0.2) is 55.7 Å². The molecule has 4 N–H and O–H groups in total. The third-order valence-corrected chi connectivity index (χ3v) is 4.22. The number of esters is 1. The van der Waals surface area contributed by atoms with Gasteiger partial charge < -0.3 is 25.8 Å². The van der Waals surface area contributed by atoms with E-state index >= 15 is 0 Å². The number of aliphatic carboxylic acids is 1. The van der Waals surface area contributed by atoms with Gasteiger partial charge in [0.15, 0.2) is 0 Å². The van der Waals surface area contributed by atoms with Crippen molar-refractivity contribution in [2.45, 2.75) is 25.3 Å². The van der Waals surface area contributed by atoms with Crippen molar-refractivity contribution in [3.63, 3.8) is 0 Å². The van der Waals surface area contributed by atoms with Gasteiger partial charge in [-0.1, -0.05) is 12.1 Å². The maximum atomic E-state index is 12.1. The molecule has 0 saturated carbocycles. The van der Waals surface area contributed by atoms with Crippen LogP contribution in [0.1, 0.15) is 18.4 Å². The Morgan fingerprint density at radius 3 is 2.46 bits per heavy atom. The Hall–Kier alpha value is -2.45. The van der Waals surface area contributed by atoms with Crippen molar-refractivity contribution < 1.29 is 24.2 Å². The first-order valence-corrected chi connectivity index (χ1v) is 8.67. The third kappa shape index (κ3) is 6.12. The molecule has 0 aromatic heterocycles. The number of likely N-dealkylation sites (N-methyl/N-ethyl adjacent to an activating group) is 1. The molecule has 1 aliphatic heterocycles. The zero-order chi connectivity index (χ0) is 18.9. The Morgan fingerprint density at radius 1 is 1.23 bits per heavy atom. The summed E-state index contributed by atoms with van der Waals surface area (Å²) in [4.78, 5) is 35.0. The van der Waals surface area contributed by atoms with Gasteiger partial charge in [0.1, 0.15) is 11.8 Å². The molecule has 1 amide bonds. The highest BCUT2D eigenvalue weighted by Crippen LogP contribution is 2.18. The quantitative estimate of drug-likeness (QED) is 0.377. The molecule has 2 rings (SSSR count). The van der Waals surface area contributed by atoms with Crippen LogP contribution in [0, 0.1) is 5.92 Å². The fraction of sp³-hybridized carbons (Fsp3) is 0.500. The van der Waals surface area contributed by atoms with E-state index in [0.29, 0.717) is 5.75 Å². The predicted molar refractivity (Wildman–Crippen MR) is 94.9 cm³/mol. The topological polar surface area (TPSA) is 117 Å². The van der Waals surface area contributed by atoms with Crippen LogP contribution in [0.15, 0.2) is 24.3 Å². The summed E-state index contributed by atoms with van der Waals surface area (Å²) >= 11 is 0. The zero-order valence-corrected chi connectivity index (χ0v) is 14.8. The minimum atomic E-state index is -1.10. The molecule has 1 saturated heterocycles. The van der Waals surface area contributed by atoms with Crippen LogP contribution in [0.4, 0.5) is 0 Å². The van der Waals surface area contributed by atoms with E-state index in [-0.39, 0.29) is 30.8 Å². The Balaban J connectivity index is 1.91. The van der Waals surface area contributed by atoms with Crippen LogP contribution in [0.5, 0.6) is 5.75 Å². The summed E-state index contributed by atoms with van der Waals surface area (Å²) in [6, 6.07) is 5.67. The highest BCUT2D eigenvalue weighted by molar-refractivity contribution is 5.84. The molecule has 1 fully saturated rings. The average Bonchev–Trinajstić information content (AvgIpc) is 2.63. The number of rotatable bonds is 8. The van der Waals surface area contributed by atoms with Gasteiger partial charge in [0.25, 0.3) is 0 Å². The van der Waals surface area contributed by atoms with Crippen LogP contribution in [0.3, 0.4) is 0 Å². The van der Waals surface area contributed by atoms with E-state index in [1.807, 2.05) is 0 Å². The predicted octanol–water partition coefficient (Wildman–Crippen LogP) is -0.0771. The largest absolute Gasteiger partial charge is 0.480 e. The van der Waals surface area contributed by atoms with E-state index in [4.69, 9.17) is 4.74 Å². The summed E-state index contributed by atoms with van der Waals surface area (Å²) < 4.78 is 5.40. The van der Waals surface area contributed by atoms with Gasteiger partial charge in [-0.15, -0.1) is 0 Å². The molecule has 0 unspecified atom stereocenters. The number of ether oxygens (including phenoxy) is 1. The number of hydrogen-bond donors (Lipinski definition) is 4. The van der Waals surface area contributed by atoms with Gasteiger partial charge >= 0.3 is 11.9 Å². The average molecular weight is 363 g/mol. The summed E-state index contributed by atoms with van der Waals surface area (Å²) in [5, 5.41) is 17.6. The van der Waals surface area contributed by atoms with Crippen LogP contribution < -0.4 is 20.7 Å². The number of benzene rings is 1. The number of hydrogen-bond acceptors (Lipinski definition) is 6. The monoisotopic (exact) mass is 363 g/mol. The SMILES string of the molecule is CNCC(=O)N[C@@H](Cc1ccc(OC(=O)C2CCNCC2)cc1)C(=O)O. The number of nitrogens with one attached hydrogen (secondary N) is 3. The fourth-order valence-corrected chi connectivity index (χ4v) is 2.79. The molecule has 1 aromatic rings. The molecule has 1 aromatic carbocycles. The normalized spacial score (nSPS) is 15.9. The minimum absolute atomic E-state index is 0.0509. The summed E-state index contributed by atoms with van der Waals surface area (Å²) in [7, 11) is 1.61. The first-order chi connectivity index (χ1) is 12.5. The number of carbonyl (C=O) groups excluding carboxylic acids is 2. The molecule has 1 heterocycles. The summed E-state index contributed by atoms with van der Waals surface area (Å²) in [6.45, 7) is 1.68. The minimum Gasteiger partial charge on any atom is -0.480 e. The van der Waals surface area contributed by atoms with Crippen molar-refractivity contribution in [3.05, 3.63) is 29.8 Å². The summed E-state index contributed by atoms with van der Waals surface area (Å²) in [5.74, 6) is -1.37. The third-order valence-electron chi connectivity index (χ3n) is 4.22. The molecule has 1 aliphatic rings. The number of piperidine rings is 1. The smallest absolute Gasteiger partial charge is 0.326 e. The molecule has 1 atom stereocenters. The Labute approximate surface area is 152 Å². The van der Waals surface area contributed by atoms with Gasteiger partial charge in [-0.3, -0.25) is 9.59 Å². The molecule has 142 valence electrons. The van der Waals surface area contributed by atoms with E-state index in [1.54, 1.807) is 31.3 Å². The van der Waals surface area contributed by atoms with Crippen molar-refractivity contribution in [1.82, 2.24) is 16.0 Å². The van der Waals surface area contributed by atoms with Crippen LogP contribution in [0.25, 0.3) is 0 Å². The van der Waals surface area contributed by atoms with E-state index in [1.165, 1.54) is 0 Å². The Morgan fingerprint density at radius 2 is 1.88 bits per heavy atom. The van der Waals surface area contributed by atoms with Gasteiger partial charge in [0, 0.05) is 6.42 Å². The van der Waals surface area contributed by atoms with Crippen molar-refractivity contribution in [2.75, 3.05) is 26.7 Å². The maximum absolute atomic E-state index is 12.1. The maximum Gasteiger partial charge on any atom is 0.326 e. The Bertz CT molecular complexity index is 626. The van der Waals surface area contributed by atoms with E-state index in [9.17, 15) is 19.5 Å². The number of carboxylic acids is 1. The van der Waals surface area contributed by atoms with Crippen LogP contribution in [-0.2, 0) is 20.8 Å². The highest BCUT2D eigenvalue weighted by atomic mass is 16.5. The molecule has 8 heteroatoms. The lowest BCUT2D eigenvalue weighted by Gasteiger charge is -2.20. The van der Waals surface area contributed by atoms with Gasteiger partial charge in [-0.25, -0.2) is 4.79 Å². The second-order valence-corrected chi connectivity index (χ2v) is 6.28. The van der Waals surface area contributed by atoms with Gasteiger partial charge in [-0.05, 0) is 50.7 Å². The molecule has 26 heavy (non-hydrogen) atoms. The van der Waals surface area contributed by atoms with Crippen molar-refractivity contribution >= 4 is 17.8 Å². The Kier molecular flexibility index (Phi) is 7.55. The van der Waals surface area contributed by atoms with Gasteiger partial charge in [0.05, 0.1) is 12.5 Å². The first kappa shape index (κ1) is 19.9. The molecular weight excluding hydrogens is 338 g/mol. The molecular formula is C18H25N3O5. The van der Waals surface area contributed by atoms with Crippen LogP contribution in [0.2, 0.25) is 0 Å². The molecule has 0 bridgehead atoms. The lowest BCUT2D eigenvalue weighted by molar-refractivity contribution is -0.141. The molecule has 0 aliphatic carbocycles. The molecule has 0 radical (unpaired) electrons. The van der Waals surface area contributed by atoms with Crippen molar-refractivity contribution in [2.24, 2.45) is 5.92 Å². The van der Waals surface area contributed by atoms with Gasteiger partial charge in [-0.2, -0.15) is 0 Å². The second kappa shape index (κ2) is 9.88. The molecule has 8 nitrogen and oxygen atoms in total. The second-order valence-electron chi connectivity index (χ2n) is 6.28. The first-order valence-electron chi connectivity index (χ1n) is 8.67. The van der Waals surface area contributed by atoms with E-state index in [2.05, 4.69) is 16.0 Å². The van der Waals surface area contributed by atoms with Crippen molar-refractivity contribution in [3.8, 4) is 5.75 Å². The van der Waals surface area contributed by atoms with Crippen LogP contribution >= 0.6 is 0 Å². The lowest BCUT2D eigenvalue weighted by Crippen LogP contribution is -2.45. The number of carbonyl (C=O) groups is 3. The zero-order valence-electron chi connectivity index (χ0n) is 14.8. The number of carboxylic acid groups (broad SMARTS) is 1. The fourth-order valence-electron chi connectivity index (χ4n) is 2.79. The number of amides is 1. The van der Waals surface area contributed by atoms with Gasteiger partial charge in [0.2, 0.25) is 5.91 Å². The van der Waals surface area contributed by atoms with E-state index in [0.717, 1.165) is 31.5 Å². The summed E-state index contributed by atoms with van der Waals surface area (Å²) in [6.07, 6.45) is 1.68. The standard InChI is InChI=1S/C18H25N3O5/c1-19-11-16(22)21-15(17(23)24)10-12-2-4-14(5-3-12)26-18(25)13-6-8-20-9-7-13/h2-5,13,15,19-20H,6-11H2,1H3,(H,21,22)(H,23,24)/t15-/m0/s1. The summed E-state index contributed by atoms with van der Waals surface area (Å²) in [5.41, 5.74) is 0.726. The lowest BCUT2D eigenvalue weighted by atomic mass is 9.98. The van der Waals surface area contributed by atoms with Crippen molar-refractivity contribution in [1.29, 1.82) is 0 Å². The molecule has 0 spiro atoms. The highest BCUT2D eigenvalue weighted by Gasteiger charge is 2.23. The van der Waals surface area contributed by atoms with E-state index < -0.39 is 12.0 Å².